The molecule has 1 aromatic heterocycles. The summed E-state index contributed by atoms with van der Waals surface area (Å²) in [6, 6.07) is 9.82. The summed E-state index contributed by atoms with van der Waals surface area (Å²) in [4.78, 5) is 29.7. The van der Waals surface area contributed by atoms with Gasteiger partial charge in [0.1, 0.15) is 17.7 Å². The number of thiazole rings is 1. The number of benzene rings is 2. The van der Waals surface area contributed by atoms with Gasteiger partial charge in [-0.25, -0.2) is 13.8 Å². The summed E-state index contributed by atoms with van der Waals surface area (Å²) in [5.41, 5.74) is 2.18. The highest BCUT2D eigenvalue weighted by Gasteiger charge is 2.18. The molecule has 3 rings (SSSR count). The first kappa shape index (κ1) is 23.5. The van der Waals surface area contributed by atoms with Gasteiger partial charge in [0.2, 0.25) is 11.8 Å². The summed E-state index contributed by atoms with van der Waals surface area (Å²) in [6.45, 7) is 4.53. The Hall–Kier alpha value is -3.17. The van der Waals surface area contributed by atoms with Crippen LogP contribution in [0.5, 0.6) is 0 Å². The Balaban J connectivity index is 1.59. The van der Waals surface area contributed by atoms with E-state index in [1.54, 1.807) is 6.20 Å². The highest BCUT2D eigenvalue weighted by atomic mass is 32.1. The lowest BCUT2D eigenvalue weighted by Gasteiger charge is -2.13. The van der Waals surface area contributed by atoms with Crippen molar-refractivity contribution in [2.45, 2.75) is 32.9 Å². The van der Waals surface area contributed by atoms with Crippen molar-refractivity contribution in [2.75, 3.05) is 11.9 Å². The van der Waals surface area contributed by atoms with Crippen molar-refractivity contribution in [3.63, 3.8) is 0 Å². The Labute approximate surface area is 188 Å². The predicted octanol–water partition coefficient (Wildman–Crippen LogP) is 4.31. The minimum absolute atomic E-state index is 0.183. The van der Waals surface area contributed by atoms with Crippen molar-refractivity contribution in [2.24, 2.45) is 0 Å². The van der Waals surface area contributed by atoms with Crippen LogP contribution >= 0.6 is 11.3 Å². The van der Waals surface area contributed by atoms with Gasteiger partial charge in [-0.3, -0.25) is 9.59 Å². The summed E-state index contributed by atoms with van der Waals surface area (Å²) < 4.78 is 32.1. The number of anilines is 1. The first-order valence-corrected chi connectivity index (χ1v) is 10.8. The Bertz CT molecular complexity index is 1080. The minimum Gasteiger partial charge on any atom is -0.377 e. The maximum atomic E-state index is 13.3. The third-order valence-electron chi connectivity index (χ3n) is 4.54. The van der Waals surface area contributed by atoms with Crippen LogP contribution in [0.1, 0.15) is 25.0 Å². The fourth-order valence-corrected chi connectivity index (χ4v) is 3.90. The average Bonchev–Trinajstić information content (AvgIpc) is 3.19. The first-order chi connectivity index (χ1) is 15.4. The predicted molar refractivity (Wildman–Crippen MR) is 119 cm³/mol. The lowest BCUT2D eigenvalue weighted by molar-refractivity contribution is -0.125. The average molecular weight is 460 g/mol. The molecule has 0 aliphatic carbocycles. The summed E-state index contributed by atoms with van der Waals surface area (Å²) in [6.07, 6.45) is 1.43. The molecular weight excluding hydrogens is 436 g/mol. The lowest BCUT2D eigenvalue weighted by Crippen LogP contribution is -2.42. The van der Waals surface area contributed by atoms with E-state index >= 15 is 0 Å². The molecule has 0 saturated carbocycles. The normalized spacial score (nSPS) is 11.8. The molecule has 0 aliphatic heterocycles. The van der Waals surface area contributed by atoms with Gasteiger partial charge in [0, 0.05) is 18.9 Å². The van der Waals surface area contributed by atoms with E-state index in [1.165, 1.54) is 18.3 Å². The van der Waals surface area contributed by atoms with Crippen molar-refractivity contribution < 1.29 is 23.1 Å². The molecule has 2 N–H and O–H groups in total. The van der Waals surface area contributed by atoms with Crippen LogP contribution in [0, 0.1) is 11.6 Å². The highest BCUT2D eigenvalue weighted by Crippen LogP contribution is 2.31. The van der Waals surface area contributed by atoms with E-state index in [1.807, 2.05) is 31.2 Å². The molecule has 1 atom stereocenters. The van der Waals surface area contributed by atoms with Gasteiger partial charge in [0.25, 0.3) is 0 Å². The molecule has 0 spiro atoms. The molecule has 0 fully saturated rings. The molecule has 0 aliphatic rings. The summed E-state index contributed by atoms with van der Waals surface area (Å²) in [7, 11) is 0. The maximum Gasteiger partial charge on any atom is 0.248 e. The van der Waals surface area contributed by atoms with Gasteiger partial charge >= 0.3 is 0 Å². The number of hydrogen-bond acceptors (Lipinski definition) is 5. The Morgan fingerprint density at radius 2 is 1.88 bits per heavy atom. The summed E-state index contributed by atoms with van der Waals surface area (Å²) >= 11 is 1.31. The van der Waals surface area contributed by atoms with Crippen LogP contribution in [0.3, 0.4) is 0 Å². The number of nitrogens with zero attached hydrogens (tertiary/aromatic N) is 1. The molecule has 3 aromatic rings. The van der Waals surface area contributed by atoms with E-state index in [4.69, 9.17) is 4.74 Å². The van der Waals surface area contributed by atoms with Crippen LogP contribution in [-0.4, -0.2) is 29.4 Å². The second kappa shape index (κ2) is 10.9. The fourth-order valence-electron chi connectivity index (χ4n) is 3.03. The Morgan fingerprint density at radius 3 is 2.59 bits per heavy atom. The number of halogens is 2. The second-order valence-corrected chi connectivity index (χ2v) is 8.09. The fraction of sp³-hybridized carbons (Fsp3) is 0.261. The number of carbonyl (C=O) groups excluding carboxylic acids is 2. The van der Waals surface area contributed by atoms with Crippen LogP contribution in [0.25, 0.3) is 10.4 Å². The van der Waals surface area contributed by atoms with Gasteiger partial charge in [-0.05, 0) is 42.7 Å². The highest BCUT2D eigenvalue weighted by molar-refractivity contribution is 7.19. The number of rotatable bonds is 9. The van der Waals surface area contributed by atoms with E-state index in [2.05, 4.69) is 15.6 Å². The van der Waals surface area contributed by atoms with Crippen LogP contribution < -0.4 is 10.6 Å². The molecule has 2 aromatic carbocycles. The maximum absolute atomic E-state index is 13.3. The number of aromatic nitrogens is 1. The first-order valence-electron chi connectivity index (χ1n) is 10.0. The zero-order valence-corrected chi connectivity index (χ0v) is 18.5. The molecule has 1 unspecified atom stereocenters. The van der Waals surface area contributed by atoms with E-state index in [9.17, 15) is 18.4 Å². The zero-order chi connectivity index (χ0) is 23.1. The van der Waals surface area contributed by atoms with Crippen molar-refractivity contribution in [3.05, 3.63) is 71.4 Å². The molecule has 32 heavy (non-hydrogen) atoms. The van der Waals surface area contributed by atoms with Crippen molar-refractivity contribution in [3.8, 4) is 10.4 Å². The monoisotopic (exact) mass is 459 g/mol. The quantitative estimate of drug-likeness (QED) is 0.500. The molecule has 0 bridgehead atoms. The van der Waals surface area contributed by atoms with Gasteiger partial charge in [0.05, 0.1) is 17.9 Å². The van der Waals surface area contributed by atoms with Crippen LogP contribution in [0.15, 0.2) is 48.7 Å². The smallest absolute Gasteiger partial charge is 0.248 e. The SMILES string of the molecule is CCOCc1ccccc1-c1cnc(NC(=O)C(C)NC(=O)Cc2cc(F)cc(F)c2)s1. The van der Waals surface area contributed by atoms with E-state index < -0.39 is 29.5 Å². The second-order valence-electron chi connectivity index (χ2n) is 7.06. The Kier molecular flexibility index (Phi) is 8.02. The van der Waals surface area contributed by atoms with Gasteiger partial charge in [0.15, 0.2) is 5.13 Å². The van der Waals surface area contributed by atoms with Gasteiger partial charge in [-0.15, -0.1) is 0 Å². The lowest BCUT2D eigenvalue weighted by atomic mass is 10.1. The van der Waals surface area contributed by atoms with Crippen molar-refractivity contribution in [1.82, 2.24) is 10.3 Å². The summed E-state index contributed by atoms with van der Waals surface area (Å²) in [5.74, 6) is -2.50. The number of ether oxygens (including phenoxy) is 1. The third-order valence-corrected chi connectivity index (χ3v) is 5.48. The number of amides is 2. The zero-order valence-electron chi connectivity index (χ0n) is 17.7. The van der Waals surface area contributed by atoms with Crippen LogP contribution in [0.2, 0.25) is 0 Å². The number of carbonyl (C=O) groups is 2. The molecule has 6 nitrogen and oxygen atoms in total. The van der Waals surface area contributed by atoms with Crippen molar-refractivity contribution in [1.29, 1.82) is 0 Å². The Morgan fingerprint density at radius 1 is 1.16 bits per heavy atom. The minimum atomic E-state index is -0.863. The third kappa shape index (κ3) is 6.41. The van der Waals surface area contributed by atoms with E-state index in [0.29, 0.717) is 18.3 Å². The molecule has 9 heteroatoms. The molecule has 0 radical (unpaired) electrons. The summed E-state index contributed by atoms with van der Waals surface area (Å²) in [5, 5.41) is 5.60. The van der Waals surface area contributed by atoms with Gasteiger partial charge in [-0.1, -0.05) is 35.6 Å². The molecule has 0 saturated heterocycles. The van der Waals surface area contributed by atoms with Crippen LogP contribution in [0.4, 0.5) is 13.9 Å². The molecule has 1 heterocycles. The topological polar surface area (TPSA) is 80.3 Å². The standard InChI is InChI=1S/C23H23F2N3O3S/c1-3-31-13-16-6-4-5-7-19(16)20-12-26-23(32-20)28-22(30)14(2)27-21(29)10-15-8-17(24)11-18(25)9-15/h4-9,11-12,14H,3,10,13H2,1-2H3,(H,27,29)(H,26,28,30). The van der Waals surface area contributed by atoms with Gasteiger partial charge in [-0.2, -0.15) is 0 Å². The molecule has 168 valence electrons. The van der Waals surface area contributed by atoms with Crippen molar-refractivity contribution >= 4 is 28.3 Å². The van der Waals surface area contributed by atoms with E-state index in [-0.39, 0.29) is 12.0 Å². The van der Waals surface area contributed by atoms with Gasteiger partial charge < -0.3 is 15.4 Å². The number of nitrogens with one attached hydrogen (secondary N) is 2. The van der Waals surface area contributed by atoms with E-state index in [0.717, 1.165) is 34.2 Å². The largest absolute Gasteiger partial charge is 0.377 e. The molecular formula is C23H23F2N3O3S. The molecule has 2 amide bonds. The van der Waals surface area contributed by atoms with Crippen LogP contribution in [-0.2, 0) is 27.4 Å². The number of hydrogen-bond donors (Lipinski definition) is 2.